The van der Waals surface area contributed by atoms with E-state index in [2.05, 4.69) is 18.3 Å². The molecule has 0 aromatic rings. The smallest absolute Gasteiger partial charge is 0.0697 e. The molecule has 0 saturated heterocycles. The van der Waals surface area contributed by atoms with E-state index in [1.807, 2.05) is 13.8 Å². The van der Waals surface area contributed by atoms with Crippen LogP contribution in [0.4, 0.5) is 0 Å². The largest absolute Gasteiger partial charge is 0.315 e. The van der Waals surface area contributed by atoms with Crippen LogP contribution in [0.5, 0.6) is 0 Å². The lowest BCUT2D eigenvalue weighted by molar-refractivity contribution is 0.439. The van der Waals surface area contributed by atoms with Crippen molar-refractivity contribution in [1.29, 1.82) is 5.26 Å². The van der Waals surface area contributed by atoms with Gasteiger partial charge in [-0.05, 0) is 26.8 Å². The van der Waals surface area contributed by atoms with Gasteiger partial charge in [-0.25, -0.2) is 0 Å². The van der Waals surface area contributed by atoms with Crippen LogP contribution in [0.3, 0.4) is 0 Å². The van der Waals surface area contributed by atoms with E-state index in [-0.39, 0.29) is 5.41 Å². The van der Waals surface area contributed by atoms with Gasteiger partial charge < -0.3 is 5.32 Å². The van der Waals surface area contributed by atoms with Crippen molar-refractivity contribution in [3.8, 4) is 6.07 Å². The van der Waals surface area contributed by atoms with Crippen LogP contribution in [0.25, 0.3) is 0 Å². The molecule has 0 aliphatic carbocycles. The highest BCUT2D eigenvalue weighted by Crippen LogP contribution is 2.10. The Bertz CT molecular complexity index is 168. The van der Waals surface area contributed by atoms with Crippen molar-refractivity contribution < 1.29 is 0 Å². The van der Waals surface area contributed by atoms with Crippen LogP contribution in [-0.4, -0.2) is 13.1 Å². The molecule has 0 aromatic heterocycles. The molecule has 0 saturated carbocycles. The number of hydrogen-bond donors (Lipinski definition) is 1. The van der Waals surface area contributed by atoms with E-state index in [9.17, 15) is 0 Å². The van der Waals surface area contributed by atoms with Crippen molar-refractivity contribution in [3.05, 3.63) is 0 Å². The van der Waals surface area contributed by atoms with Gasteiger partial charge in [0.25, 0.3) is 0 Å². The van der Waals surface area contributed by atoms with Crippen LogP contribution < -0.4 is 5.32 Å². The van der Waals surface area contributed by atoms with E-state index in [1.54, 1.807) is 0 Å². The van der Waals surface area contributed by atoms with E-state index in [0.29, 0.717) is 0 Å². The van der Waals surface area contributed by atoms with Gasteiger partial charge in [-0.2, -0.15) is 5.26 Å². The van der Waals surface area contributed by atoms with Gasteiger partial charge in [-0.15, -0.1) is 0 Å². The third-order valence-corrected chi connectivity index (χ3v) is 2.33. The Morgan fingerprint density at radius 1 is 1.14 bits per heavy atom. The fourth-order valence-electron chi connectivity index (χ4n) is 1.29. The molecule has 2 heteroatoms. The number of rotatable bonds is 8. The van der Waals surface area contributed by atoms with Crippen LogP contribution in [0.2, 0.25) is 0 Å². The molecule has 0 fully saturated rings. The molecule has 0 heterocycles. The highest BCUT2D eigenvalue weighted by molar-refractivity contribution is 4.93. The van der Waals surface area contributed by atoms with E-state index < -0.39 is 0 Å². The standard InChI is InChI=1S/C12H24N2/c1-4-5-6-7-8-9-14-11-12(2,3)10-13/h14H,4-9,11H2,1-3H3. The summed E-state index contributed by atoms with van der Waals surface area (Å²) >= 11 is 0. The van der Waals surface area contributed by atoms with Crippen LogP contribution in [0.1, 0.15) is 52.9 Å². The quantitative estimate of drug-likeness (QED) is 0.605. The molecule has 1 N–H and O–H groups in total. The molecule has 0 bridgehead atoms. The predicted octanol–water partition coefficient (Wildman–Crippen LogP) is 3.10. The van der Waals surface area contributed by atoms with E-state index in [1.165, 1.54) is 32.1 Å². The summed E-state index contributed by atoms with van der Waals surface area (Å²) in [5, 5.41) is 12.1. The van der Waals surface area contributed by atoms with Gasteiger partial charge in [0, 0.05) is 6.54 Å². The monoisotopic (exact) mass is 196 g/mol. The van der Waals surface area contributed by atoms with Gasteiger partial charge in [0.1, 0.15) is 0 Å². The second kappa shape index (κ2) is 7.82. The Hall–Kier alpha value is -0.550. The molecular formula is C12H24N2. The van der Waals surface area contributed by atoms with Crippen molar-refractivity contribution >= 4 is 0 Å². The molecular weight excluding hydrogens is 172 g/mol. The predicted molar refractivity (Wildman–Crippen MR) is 61.0 cm³/mol. The summed E-state index contributed by atoms with van der Waals surface area (Å²) in [7, 11) is 0. The molecule has 14 heavy (non-hydrogen) atoms. The van der Waals surface area contributed by atoms with Crippen LogP contribution in [0.15, 0.2) is 0 Å². The maximum atomic E-state index is 8.78. The first-order valence-corrected chi connectivity index (χ1v) is 5.74. The van der Waals surface area contributed by atoms with E-state index >= 15 is 0 Å². The van der Waals surface area contributed by atoms with Crippen molar-refractivity contribution in [3.63, 3.8) is 0 Å². The van der Waals surface area contributed by atoms with E-state index in [4.69, 9.17) is 5.26 Å². The van der Waals surface area contributed by atoms with Crippen molar-refractivity contribution in [2.75, 3.05) is 13.1 Å². The average molecular weight is 196 g/mol. The number of hydrogen-bond acceptors (Lipinski definition) is 2. The Morgan fingerprint density at radius 3 is 2.36 bits per heavy atom. The number of unbranched alkanes of at least 4 members (excludes halogenated alkanes) is 4. The zero-order valence-corrected chi connectivity index (χ0v) is 9.90. The van der Waals surface area contributed by atoms with Crippen LogP contribution >= 0.6 is 0 Å². The second-order valence-electron chi connectivity index (χ2n) is 4.59. The maximum Gasteiger partial charge on any atom is 0.0697 e. The molecule has 0 aliphatic rings. The second-order valence-corrected chi connectivity index (χ2v) is 4.59. The summed E-state index contributed by atoms with van der Waals surface area (Å²) in [6.45, 7) is 8.02. The SMILES string of the molecule is CCCCCCCNCC(C)(C)C#N. The molecule has 0 rings (SSSR count). The summed E-state index contributed by atoms with van der Waals surface area (Å²) in [5.41, 5.74) is -0.219. The third kappa shape index (κ3) is 8.07. The van der Waals surface area contributed by atoms with Crippen molar-refractivity contribution in [2.24, 2.45) is 5.41 Å². The van der Waals surface area contributed by atoms with Gasteiger partial charge in [0.2, 0.25) is 0 Å². The number of nitriles is 1. The van der Waals surface area contributed by atoms with E-state index in [0.717, 1.165) is 13.1 Å². The first kappa shape index (κ1) is 13.4. The molecule has 0 spiro atoms. The van der Waals surface area contributed by atoms with Gasteiger partial charge in [-0.3, -0.25) is 0 Å². The Kier molecular flexibility index (Phi) is 7.51. The molecule has 0 radical (unpaired) electrons. The highest BCUT2D eigenvalue weighted by atomic mass is 14.9. The Labute approximate surface area is 88.7 Å². The minimum Gasteiger partial charge on any atom is -0.315 e. The van der Waals surface area contributed by atoms with Crippen LogP contribution in [-0.2, 0) is 0 Å². The van der Waals surface area contributed by atoms with Crippen molar-refractivity contribution in [1.82, 2.24) is 5.32 Å². The molecule has 0 unspecified atom stereocenters. The van der Waals surface area contributed by atoms with Gasteiger partial charge in [0.15, 0.2) is 0 Å². The van der Waals surface area contributed by atoms with Gasteiger partial charge in [-0.1, -0.05) is 32.6 Å². The first-order valence-electron chi connectivity index (χ1n) is 5.74. The van der Waals surface area contributed by atoms with Crippen LogP contribution in [0, 0.1) is 16.7 Å². The minimum absolute atomic E-state index is 0.219. The lowest BCUT2D eigenvalue weighted by atomic mass is 9.96. The topological polar surface area (TPSA) is 35.8 Å². The normalized spacial score (nSPS) is 11.3. The third-order valence-electron chi connectivity index (χ3n) is 2.33. The van der Waals surface area contributed by atoms with Crippen molar-refractivity contribution in [2.45, 2.75) is 52.9 Å². The summed E-state index contributed by atoms with van der Waals surface area (Å²) in [6.07, 6.45) is 6.55. The molecule has 0 aromatic carbocycles. The Balaban J connectivity index is 3.18. The fraction of sp³-hybridized carbons (Fsp3) is 0.917. The molecule has 2 nitrogen and oxygen atoms in total. The first-order chi connectivity index (χ1) is 6.62. The zero-order valence-electron chi connectivity index (χ0n) is 9.90. The summed E-state index contributed by atoms with van der Waals surface area (Å²) in [5.74, 6) is 0. The average Bonchev–Trinajstić information content (AvgIpc) is 2.16. The zero-order chi connectivity index (χ0) is 10.9. The minimum atomic E-state index is -0.219. The highest BCUT2D eigenvalue weighted by Gasteiger charge is 2.14. The summed E-state index contributed by atoms with van der Waals surface area (Å²) in [6, 6.07) is 2.29. The lowest BCUT2D eigenvalue weighted by Gasteiger charge is -2.15. The lowest BCUT2D eigenvalue weighted by Crippen LogP contribution is -2.28. The van der Waals surface area contributed by atoms with Gasteiger partial charge >= 0.3 is 0 Å². The molecule has 0 amide bonds. The molecule has 0 aliphatic heterocycles. The summed E-state index contributed by atoms with van der Waals surface area (Å²) < 4.78 is 0. The maximum absolute atomic E-state index is 8.78. The Morgan fingerprint density at radius 2 is 1.79 bits per heavy atom. The number of nitrogens with one attached hydrogen (secondary N) is 1. The number of nitrogens with zero attached hydrogens (tertiary/aromatic N) is 1. The van der Waals surface area contributed by atoms with Gasteiger partial charge in [0.05, 0.1) is 11.5 Å². The summed E-state index contributed by atoms with van der Waals surface area (Å²) in [4.78, 5) is 0. The fourth-order valence-corrected chi connectivity index (χ4v) is 1.29. The molecule has 82 valence electrons. The molecule has 0 atom stereocenters.